The largest absolute Gasteiger partial charge is 0.497 e. The molecule has 0 radical (unpaired) electrons. The number of nitrogens with two attached hydrogens (primary N) is 1. The Morgan fingerprint density at radius 1 is 1.05 bits per heavy atom. The van der Waals surface area contributed by atoms with Crippen LogP contribution in [-0.2, 0) is 6.42 Å². The Bertz CT molecular complexity index is 564. The third kappa shape index (κ3) is 3.52. The second-order valence-electron chi connectivity index (χ2n) is 4.55. The minimum absolute atomic E-state index is 0.113. The molecule has 2 aromatic rings. The van der Waals surface area contributed by atoms with Crippen LogP contribution < -0.4 is 15.2 Å². The average Bonchev–Trinajstić information content (AvgIpc) is 2.48. The van der Waals surface area contributed by atoms with Gasteiger partial charge < -0.3 is 15.2 Å². The smallest absolute Gasteiger partial charge is 0.122 e. The van der Waals surface area contributed by atoms with Gasteiger partial charge in [-0.1, -0.05) is 34.1 Å². The van der Waals surface area contributed by atoms with Crippen molar-refractivity contribution in [1.82, 2.24) is 0 Å². The first kappa shape index (κ1) is 14.9. The number of benzene rings is 2. The predicted molar refractivity (Wildman–Crippen MR) is 84.3 cm³/mol. The zero-order valence-electron chi connectivity index (χ0n) is 11.6. The fourth-order valence-electron chi connectivity index (χ4n) is 2.06. The summed E-state index contributed by atoms with van der Waals surface area (Å²) in [7, 11) is 3.27. The Balaban J connectivity index is 2.24. The lowest BCUT2D eigenvalue weighted by molar-refractivity contribution is 0.392. The second-order valence-corrected chi connectivity index (χ2v) is 5.40. The van der Waals surface area contributed by atoms with E-state index >= 15 is 0 Å². The van der Waals surface area contributed by atoms with Gasteiger partial charge in [0, 0.05) is 16.6 Å². The van der Waals surface area contributed by atoms with Crippen molar-refractivity contribution in [1.29, 1.82) is 0 Å². The maximum atomic E-state index is 6.31. The van der Waals surface area contributed by atoms with E-state index in [9.17, 15) is 0 Å². The molecule has 0 saturated heterocycles. The molecule has 106 valence electrons. The van der Waals surface area contributed by atoms with Gasteiger partial charge in [0.1, 0.15) is 11.5 Å². The molecular weight excluding hydrogens is 318 g/mol. The maximum absolute atomic E-state index is 6.31. The molecule has 2 rings (SSSR count). The highest BCUT2D eigenvalue weighted by molar-refractivity contribution is 9.10. The van der Waals surface area contributed by atoms with E-state index in [1.165, 1.54) is 5.56 Å². The lowest BCUT2D eigenvalue weighted by atomic mass is 9.99. The minimum atomic E-state index is -0.113. The van der Waals surface area contributed by atoms with Gasteiger partial charge in [0.2, 0.25) is 0 Å². The highest BCUT2D eigenvalue weighted by Gasteiger charge is 2.12. The van der Waals surface area contributed by atoms with Crippen LogP contribution in [0.5, 0.6) is 11.5 Å². The van der Waals surface area contributed by atoms with Crippen LogP contribution in [0.3, 0.4) is 0 Å². The van der Waals surface area contributed by atoms with Crippen molar-refractivity contribution in [3.05, 3.63) is 58.1 Å². The number of hydrogen-bond acceptors (Lipinski definition) is 3. The summed E-state index contributed by atoms with van der Waals surface area (Å²) in [6.45, 7) is 0. The lowest BCUT2D eigenvalue weighted by Crippen LogP contribution is -2.14. The highest BCUT2D eigenvalue weighted by atomic mass is 79.9. The summed E-state index contributed by atoms with van der Waals surface area (Å²) >= 11 is 3.55. The molecule has 0 spiro atoms. The van der Waals surface area contributed by atoms with Gasteiger partial charge in [0.25, 0.3) is 0 Å². The zero-order valence-corrected chi connectivity index (χ0v) is 13.2. The number of rotatable bonds is 5. The first-order valence-corrected chi connectivity index (χ1v) is 7.15. The summed E-state index contributed by atoms with van der Waals surface area (Å²) in [5.74, 6) is 1.50. The van der Waals surface area contributed by atoms with Crippen LogP contribution in [-0.4, -0.2) is 14.2 Å². The molecule has 0 aliphatic rings. The van der Waals surface area contributed by atoms with Crippen molar-refractivity contribution in [2.75, 3.05) is 14.2 Å². The van der Waals surface area contributed by atoms with Gasteiger partial charge in [0.15, 0.2) is 0 Å². The Morgan fingerprint density at radius 2 is 1.65 bits per heavy atom. The SMILES string of the molecule is COc1cc(OC)cc(C(N)Cc2ccccc2Br)c1. The molecule has 2 N–H and O–H groups in total. The number of hydrogen-bond donors (Lipinski definition) is 1. The number of halogens is 1. The first-order valence-electron chi connectivity index (χ1n) is 6.36. The summed E-state index contributed by atoms with van der Waals surface area (Å²) < 4.78 is 11.6. The van der Waals surface area contributed by atoms with E-state index in [0.29, 0.717) is 0 Å². The van der Waals surface area contributed by atoms with E-state index in [1.54, 1.807) is 14.2 Å². The van der Waals surface area contributed by atoms with Crippen LogP contribution >= 0.6 is 15.9 Å². The third-order valence-electron chi connectivity index (χ3n) is 3.20. The molecular formula is C16H18BrNO2. The molecule has 1 atom stereocenters. The third-order valence-corrected chi connectivity index (χ3v) is 3.97. The summed E-state index contributed by atoms with van der Waals surface area (Å²) in [4.78, 5) is 0. The van der Waals surface area contributed by atoms with E-state index in [4.69, 9.17) is 15.2 Å². The van der Waals surface area contributed by atoms with Crippen LogP contribution in [0.4, 0.5) is 0 Å². The molecule has 0 aliphatic heterocycles. The van der Waals surface area contributed by atoms with E-state index in [2.05, 4.69) is 22.0 Å². The molecule has 3 nitrogen and oxygen atoms in total. The second kappa shape index (κ2) is 6.77. The van der Waals surface area contributed by atoms with Crippen LogP contribution in [0.25, 0.3) is 0 Å². The maximum Gasteiger partial charge on any atom is 0.122 e. The van der Waals surface area contributed by atoms with Crippen molar-refractivity contribution >= 4 is 15.9 Å². The first-order chi connectivity index (χ1) is 9.63. The Morgan fingerprint density at radius 3 is 2.20 bits per heavy atom. The van der Waals surface area contributed by atoms with Crippen molar-refractivity contribution in [3.8, 4) is 11.5 Å². The molecule has 0 heterocycles. The van der Waals surface area contributed by atoms with Crippen LogP contribution in [0.15, 0.2) is 46.9 Å². The Kier molecular flexibility index (Phi) is 5.04. The van der Waals surface area contributed by atoms with Crippen LogP contribution in [0, 0.1) is 0 Å². The summed E-state index contributed by atoms with van der Waals surface area (Å²) in [5, 5.41) is 0. The van der Waals surface area contributed by atoms with E-state index in [-0.39, 0.29) is 6.04 Å². The Hall–Kier alpha value is -1.52. The topological polar surface area (TPSA) is 44.5 Å². The molecule has 0 aliphatic carbocycles. The normalized spacial score (nSPS) is 12.0. The van der Waals surface area contributed by atoms with Gasteiger partial charge in [-0.2, -0.15) is 0 Å². The molecule has 4 heteroatoms. The molecule has 20 heavy (non-hydrogen) atoms. The molecule has 0 amide bonds. The van der Waals surface area contributed by atoms with E-state index in [0.717, 1.165) is 28.0 Å². The minimum Gasteiger partial charge on any atom is -0.497 e. The molecule has 2 aromatic carbocycles. The van der Waals surface area contributed by atoms with Crippen molar-refractivity contribution in [2.45, 2.75) is 12.5 Å². The lowest BCUT2D eigenvalue weighted by Gasteiger charge is -2.15. The fraction of sp³-hybridized carbons (Fsp3) is 0.250. The fourth-order valence-corrected chi connectivity index (χ4v) is 2.51. The van der Waals surface area contributed by atoms with Gasteiger partial charge in [-0.05, 0) is 35.7 Å². The number of ether oxygens (including phenoxy) is 2. The molecule has 0 bridgehead atoms. The zero-order chi connectivity index (χ0) is 14.5. The molecule has 0 fully saturated rings. The summed E-state index contributed by atoms with van der Waals surface area (Å²) in [6.07, 6.45) is 0.748. The number of methoxy groups -OCH3 is 2. The van der Waals surface area contributed by atoms with Gasteiger partial charge in [0.05, 0.1) is 14.2 Å². The highest BCUT2D eigenvalue weighted by Crippen LogP contribution is 2.28. The summed E-state index contributed by atoms with van der Waals surface area (Å²) in [6, 6.07) is 13.7. The van der Waals surface area contributed by atoms with Crippen molar-refractivity contribution in [2.24, 2.45) is 5.73 Å². The van der Waals surface area contributed by atoms with E-state index in [1.807, 2.05) is 36.4 Å². The van der Waals surface area contributed by atoms with Crippen LogP contribution in [0.1, 0.15) is 17.2 Å². The van der Waals surface area contributed by atoms with Crippen molar-refractivity contribution < 1.29 is 9.47 Å². The Labute approximate surface area is 127 Å². The standard InChI is InChI=1S/C16H18BrNO2/c1-19-13-7-12(8-14(10-13)20-2)16(18)9-11-5-3-4-6-15(11)17/h3-8,10,16H,9,18H2,1-2H3. The monoisotopic (exact) mass is 335 g/mol. The summed E-state index contributed by atoms with van der Waals surface area (Å²) in [5.41, 5.74) is 8.49. The van der Waals surface area contributed by atoms with Gasteiger partial charge in [-0.25, -0.2) is 0 Å². The molecule has 1 unspecified atom stereocenters. The van der Waals surface area contributed by atoms with Gasteiger partial charge >= 0.3 is 0 Å². The van der Waals surface area contributed by atoms with Crippen molar-refractivity contribution in [3.63, 3.8) is 0 Å². The van der Waals surface area contributed by atoms with Gasteiger partial charge in [-0.3, -0.25) is 0 Å². The van der Waals surface area contributed by atoms with Crippen LogP contribution in [0.2, 0.25) is 0 Å². The van der Waals surface area contributed by atoms with E-state index < -0.39 is 0 Å². The average molecular weight is 336 g/mol. The van der Waals surface area contributed by atoms with Gasteiger partial charge in [-0.15, -0.1) is 0 Å². The molecule has 0 aromatic heterocycles. The predicted octanol–water partition coefficient (Wildman–Crippen LogP) is 3.71. The quantitative estimate of drug-likeness (QED) is 0.905. The molecule has 0 saturated carbocycles.